The Hall–Kier alpha value is -1.12. The van der Waals surface area contributed by atoms with Crippen molar-refractivity contribution in [1.82, 2.24) is 4.98 Å². The van der Waals surface area contributed by atoms with Gasteiger partial charge < -0.3 is 4.74 Å². The molecule has 0 N–H and O–H groups in total. The molecular weight excluding hydrogens is 181 g/mol. The number of rotatable bonds is 5. The third kappa shape index (κ3) is 3.32. The summed E-state index contributed by atoms with van der Waals surface area (Å²) >= 11 is 0. The molecule has 1 aromatic rings. The molecule has 0 aliphatic rings. The van der Waals surface area contributed by atoms with Gasteiger partial charge >= 0.3 is 0 Å². The maximum Gasteiger partial charge on any atom is 0.255 e. The van der Waals surface area contributed by atoms with Crippen LogP contribution < -0.4 is 4.74 Å². The Labute approximate surface area is 84.1 Å². The summed E-state index contributed by atoms with van der Waals surface area (Å²) in [7, 11) is 0. The normalized spacial score (nSPS) is 12.5. The van der Waals surface area contributed by atoms with E-state index >= 15 is 0 Å². The zero-order chi connectivity index (χ0) is 10.4. The molecular formula is C11H16FNO. The molecule has 0 radical (unpaired) electrons. The van der Waals surface area contributed by atoms with Crippen LogP contribution in [0, 0.1) is 11.9 Å². The third-order valence-electron chi connectivity index (χ3n) is 2.29. The predicted octanol–water partition coefficient (Wildman–Crippen LogP) is 3.04. The Kier molecular flexibility index (Phi) is 4.36. The Bertz CT molecular complexity index is 278. The lowest BCUT2D eigenvalue weighted by atomic mass is 10.1. The predicted molar refractivity (Wildman–Crippen MR) is 53.8 cm³/mol. The molecule has 0 aliphatic heterocycles. The first-order valence-electron chi connectivity index (χ1n) is 4.97. The van der Waals surface area contributed by atoms with Gasteiger partial charge in [-0.3, -0.25) is 0 Å². The summed E-state index contributed by atoms with van der Waals surface area (Å²) in [6.45, 7) is 4.84. The number of nitrogens with zero attached hydrogens (tertiary/aromatic N) is 1. The number of hydrogen-bond acceptors (Lipinski definition) is 2. The largest absolute Gasteiger partial charge is 0.489 e. The van der Waals surface area contributed by atoms with Gasteiger partial charge in [0, 0.05) is 6.20 Å². The lowest BCUT2D eigenvalue weighted by Gasteiger charge is -2.09. The molecule has 0 saturated heterocycles. The number of aromatic nitrogens is 1. The standard InChI is InChI=1S/C11H16FNO/c1-3-9(2)6-8-14-10-5-4-7-13-11(10)12/h4-5,7,9H,3,6,8H2,1-2H3. The van der Waals surface area contributed by atoms with E-state index in [-0.39, 0.29) is 5.75 Å². The van der Waals surface area contributed by atoms with Crippen molar-refractivity contribution in [2.24, 2.45) is 5.92 Å². The maximum atomic E-state index is 13.0. The first kappa shape index (κ1) is 11.0. The molecule has 0 fully saturated rings. The van der Waals surface area contributed by atoms with Crippen molar-refractivity contribution in [2.45, 2.75) is 26.7 Å². The first-order chi connectivity index (χ1) is 6.74. The molecule has 1 heterocycles. The molecule has 0 aliphatic carbocycles. The van der Waals surface area contributed by atoms with Crippen LogP contribution in [0.2, 0.25) is 0 Å². The lowest BCUT2D eigenvalue weighted by molar-refractivity contribution is 0.267. The Morgan fingerprint density at radius 3 is 3.00 bits per heavy atom. The topological polar surface area (TPSA) is 22.1 Å². The van der Waals surface area contributed by atoms with Crippen molar-refractivity contribution in [2.75, 3.05) is 6.61 Å². The molecule has 78 valence electrons. The zero-order valence-electron chi connectivity index (χ0n) is 8.66. The number of pyridine rings is 1. The summed E-state index contributed by atoms with van der Waals surface area (Å²) in [6, 6.07) is 3.26. The van der Waals surface area contributed by atoms with E-state index in [0.29, 0.717) is 12.5 Å². The maximum absolute atomic E-state index is 13.0. The lowest BCUT2D eigenvalue weighted by Crippen LogP contribution is -2.04. The molecule has 1 atom stereocenters. The van der Waals surface area contributed by atoms with Gasteiger partial charge in [-0.25, -0.2) is 4.98 Å². The van der Waals surface area contributed by atoms with Crippen molar-refractivity contribution in [1.29, 1.82) is 0 Å². The van der Waals surface area contributed by atoms with Crippen LogP contribution in [0.5, 0.6) is 5.75 Å². The van der Waals surface area contributed by atoms with Crippen LogP contribution in [0.3, 0.4) is 0 Å². The second-order valence-electron chi connectivity index (χ2n) is 3.44. The van der Waals surface area contributed by atoms with Crippen molar-refractivity contribution in [3.8, 4) is 5.75 Å². The monoisotopic (exact) mass is 197 g/mol. The second kappa shape index (κ2) is 5.58. The molecule has 0 aromatic carbocycles. The first-order valence-corrected chi connectivity index (χ1v) is 4.97. The van der Waals surface area contributed by atoms with Gasteiger partial charge in [-0.15, -0.1) is 0 Å². The van der Waals surface area contributed by atoms with Crippen molar-refractivity contribution >= 4 is 0 Å². The summed E-state index contributed by atoms with van der Waals surface area (Å²) in [5.74, 6) is 0.335. The highest BCUT2D eigenvalue weighted by Crippen LogP contribution is 2.14. The molecule has 0 bridgehead atoms. The van der Waals surface area contributed by atoms with E-state index in [2.05, 4.69) is 18.8 Å². The summed E-state index contributed by atoms with van der Waals surface area (Å²) in [5.41, 5.74) is 0. The van der Waals surface area contributed by atoms with Crippen molar-refractivity contribution in [3.63, 3.8) is 0 Å². The summed E-state index contributed by atoms with van der Waals surface area (Å²) in [4.78, 5) is 3.51. The molecule has 0 saturated carbocycles. The highest BCUT2D eigenvalue weighted by molar-refractivity contribution is 5.17. The van der Waals surface area contributed by atoms with E-state index in [0.717, 1.165) is 12.8 Å². The van der Waals surface area contributed by atoms with Crippen LogP contribution in [0.25, 0.3) is 0 Å². The fourth-order valence-electron chi connectivity index (χ4n) is 1.05. The van der Waals surface area contributed by atoms with Gasteiger partial charge in [-0.1, -0.05) is 20.3 Å². The highest BCUT2D eigenvalue weighted by atomic mass is 19.1. The zero-order valence-corrected chi connectivity index (χ0v) is 8.66. The molecule has 2 nitrogen and oxygen atoms in total. The third-order valence-corrected chi connectivity index (χ3v) is 2.29. The molecule has 0 amide bonds. The van der Waals surface area contributed by atoms with Gasteiger partial charge in [-0.2, -0.15) is 4.39 Å². The van der Waals surface area contributed by atoms with Gasteiger partial charge in [0.25, 0.3) is 5.95 Å². The second-order valence-corrected chi connectivity index (χ2v) is 3.44. The summed E-state index contributed by atoms with van der Waals surface area (Å²) in [6.07, 6.45) is 3.49. The van der Waals surface area contributed by atoms with Crippen LogP contribution in [0.15, 0.2) is 18.3 Å². The fraction of sp³-hybridized carbons (Fsp3) is 0.545. The summed E-state index contributed by atoms with van der Waals surface area (Å²) < 4.78 is 18.2. The summed E-state index contributed by atoms with van der Waals surface area (Å²) in [5, 5.41) is 0. The van der Waals surface area contributed by atoms with Crippen LogP contribution in [-0.4, -0.2) is 11.6 Å². The number of ether oxygens (including phenoxy) is 1. The van der Waals surface area contributed by atoms with E-state index in [4.69, 9.17) is 4.74 Å². The minimum atomic E-state index is -0.531. The smallest absolute Gasteiger partial charge is 0.255 e. The van der Waals surface area contributed by atoms with Crippen LogP contribution in [0.1, 0.15) is 26.7 Å². The minimum absolute atomic E-state index is 0.246. The average Bonchev–Trinajstić information content (AvgIpc) is 2.20. The molecule has 0 spiro atoms. The van der Waals surface area contributed by atoms with Gasteiger partial charge in [0.2, 0.25) is 0 Å². The van der Waals surface area contributed by atoms with Crippen LogP contribution in [0.4, 0.5) is 4.39 Å². The van der Waals surface area contributed by atoms with E-state index < -0.39 is 5.95 Å². The average molecular weight is 197 g/mol. The van der Waals surface area contributed by atoms with Gasteiger partial charge in [-0.05, 0) is 24.5 Å². The quantitative estimate of drug-likeness (QED) is 0.677. The van der Waals surface area contributed by atoms with Crippen LogP contribution in [-0.2, 0) is 0 Å². The Balaban J connectivity index is 2.35. The SMILES string of the molecule is CCC(C)CCOc1cccnc1F. The van der Waals surface area contributed by atoms with Gasteiger partial charge in [0.15, 0.2) is 5.75 Å². The van der Waals surface area contributed by atoms with Crippen molar-refractivity contribution in [3.05, 3.63) is 24.3 Å². The minimum Gasteiger partial charge on any atom is -0.489 e. The fourth-order valence-corrected chi connectivity index (χ4v) is 1.05. The number of hydrogen-bond donors (Lipinski definition) is 0. The van der Waals surface area contributed by atoms with Gasteiger partial charge in [0.05, 0.1) is 6.61 Å². The Morgan fingerprint density at radius 1 is 1.57 bits per heavy atom. The van der Waals surface area contributed by atoms with Crippen molar-refractivity contribution < 1.29 is 9.13 Å². The molecule has 3 heteroatoms. The molecule has 1 rings (SSSR count). The Morgan fingerprint density at radius 2 is 2.36 bits per heavy atom. The molecule has 14 heavy (non-hydrogen) atoms. The van der Waals surface area contributed by atoms with Crippen LogP contribution >= 0.6 is 0 Å². The molecule has 1 unspecified atom stereocenters. The molecule has 1 aromatic heterocycles. The highest BCUT2D eigenvalue weighted by Gasteiger charge is 2.03. The van der Waals surface area contributed by atoms with Gasteiger partial charge in [0.1, 0.15) is 0 Å². The van der Waals surface area contributed by atoms with E-state index in [9.17, 15) is 4.39 Å². The van der Waals surface area contributed by atoms with E-state index in [1.807, 2.05) is 0 Å². The van der Waals surface area contributed by atoms with E-state index in [1.54, 1.807) is 12.1 Å². The number of halogens is 1. The van der Waals surface area contributed by atoms with E-state index in [1.165, 1.54) is 6.20 Å².